The number of hydrogen-bond acceptors (Lipinski definition) is 4. The zero-order valence-corrected chi connectivity index (χ0v) is 14.6. The Labute approximate surface area is 142 Å². The van der Waals surface area contributed by atoms with Crippen LogP contribution in [0.2, 0.25) is 0 Å². The van der Waals surface area contributed by atoms with Crippen molar-refractivity contribution in [3.05, 3.63) is 35.2 Å². The lowest BCUT2D eigenvalue weighted by molar-refractivity contribution is -0.116. The summed E-state index contributed by atoms with van der Waals surface area (Å²) in [6.45, 7) is 5.93. The van der Waals surface area contributed by atoms with Crippen molar-refractivity contribution in [2.75, 3.05) is 12.4 Å². The van der Waals surface area contributed by atoms with Crippen molar-refractivity contribution >= 4 is 11.7 Å². The van der Waals surface area contributed by atoms with Gasteiger partial charge in [0, 0.05) is 12.0 Å². The molecule has 1 aromatic carbocycles. The molecule has 3 rings (SSSR count). The number of aryl methyl sites for hydroxylation is 3. The van der Waals surface area contributed by atoms with E-state index in [9.17, 15) is 4.79 Å². The van der Waals surface area contributed by atoms with E-state index < -0.39 is 0 Å². The second-order valence-corrected chi connectivity index (χ2v) is 6.62. The third kappa shape index (κ3) is 3.25. The van der Waals surface area contributed by atoms with Gasteiger partial charge in [-0.1, -0.05) is 13.8 Å². The Morgan fingerprint density at radius 3 is 2.79 bits per heavy atom. The molecular weight excluding hydrogens is 302 g/mol. The number of hydrogen-bond donors (Lipinski definition) is 1. The predicted octanol–water partition coefficient (Wildman–Crippen LogP) is 3.54. The maximum absolute atomic E-state index is 12.0. The standard InChI is InChI=1S/C19H23N3O2/c1-11(2)9-17(23)22-19-12(3)20-18-15-7-6-14(24-4)10-13(15)5-8-16(18)21-19/h6-7,10-11H,5,8-9H2,1-4H3,(H,21,22,23). The molecule has 126 valence electrons. The van der Waals surface area contributed by atoms with Gasteiger partial charge in [-0.2, -0.15) is 0 Å². The van der Waals surface area contributed by atoms with Crippen LogP contribution >= 0.6 is 0 Å². The lowest BCUT2D eigenvalue weighted by atomic mass is 9.91. The van der Waals surface area contributed by atoms with Crippen LogP contribution in [0, 0.1) is 12.8 Å². The van der Waals surface area contributed by atoms with Gasteiger partial charge in [0.2, 0.25) is 5.91 Å². The lowest BCUT2D eigenvalue weighted by Gasteiger charge is -2.20. The molecule has 1 amide bonds. The summed E-state index contributed by atoms with van der Waals surface area (Å²) in [6.07, 6.45) is 2.20. The molecule has 1 aliphatic carbocycles. The number of ether oxygens (including phenoxy) is 1. The molecule has 1 N–H and O–H groups in total. The van der Waals surface area contributed by atoms with Crippen LogP contribution in [0.4, 0.5) is 5.82 Å². The highest BCUT2D eigenvalue weighted by Gasteiger charge is 2.21. The quantitative estimate of drug-likeness (QED) is 0.934. The first-order valence-corrected chi connectivity index (χ1v) is 8.32. The zero-order chi connectivity index (χ0) is 17.3. The molecule has 0 radical (unpaired) electrons. The van der Waals surface area contributed by atoms with Crippen LogP contribution < -0.4 is 10.1 Å². The van der Waals surface area contributed by atoms with Crippen molar-refractivity contribution in [1.29, 1.82) is 0 Å². The van der Waals surface area contributed by atoms with E-state index in [4.69, 9.17) is 9.72 Å². The van der Waals surface area contributed by atoms with Crippen LogP contribution in [0.15, 0.2) is 18.2 Å². The van der Waals surface area contributed by atoms with E-state index in [1.807, 2.05) is 32.9 Å². The summed E-state index contributed by atoms with van der Waals surface area (Å²) in [5.41, 5.74) is 4.94. The van der Waals surface area contributed by atoms with Crippen LogP contribution in [-0.2, 0) is 17.6 Å². The van der Waals surface area contributed by atoms with Gasteiger partial charge in [0.25, 0.3) is 0 Å². The summed E-state index contributed by atoms with van der Waals surface area (Å²) in [7, 11) is 1.68. The van der Waals surface area contributed by atoms with Gasteiger partial charge in [0.15, 0.2) is 5.82 Å². The third-order valence-corrected chi connectivity index (χ3v) is 4.19. The third-order valence-electron chi connectivity index (χ3n) is 4.19. The first kappa shape index (κ1) is 16.4. The van der Waals surface area contributed by atoms with Gasteiger partial charge in [0.05, 0.1) is 24.2 Å². The normalized spacial score (nSPS) is 12.5. The fourth-order valence-corrected chi connectivity index (χ4v) is 3.00. The number of nitrogens with one attached hydrogen (secondary N) is 1. The molecule has 0 unspecified atom stereocenters. The van der Waals surface area contributed by atoms with Crippen LogP contribution in [0.3, 0.4) is 0 Å². The number of benzene rings is 1. The van der Waals surface area contributed by atoms with Gasteiger partial charge >= 0.3 is 0 Å². The number of carbonyl (C=O) groups is 1. The SMILES string of the molecule is COc1ccc2c(c1)CCc1nc(NC(=O)CC(C)C)c(C)nc1-2. The molecule has 0 bridgehead atoms. The van der Waals surface area contributed by atoms with Crippen molar-refractivity contribution in [3.8, 4) is 17.0 Å². The summed E-state index contributed by atoms with van der Waals surface area (Å²) in [6, 6.07) is 6.05. The average molecular weight is 325 g/mol. The summed E-state index contributed by atoms with van der Waals surface area (Å²) < 4.78 is 5.30. The second-order valence-electron chi connectivity index (χ2n) is 6.62. The molecule has 1 aliphatic rings. The number of nitrogens with zero attached hydrogens (tertiary/aromatic N) is 2. The van der Waals surface area contributed by atoms with E-state index in [0.29, 0.717) is 18.2 Å². The molecule has 5 nitrogen and oxygen atoms in total. The molecule has 0 fully saturated rings. The van der Waals surface area contributed by atoms with Crippen molar-refractivity contribution < 1.29 is 9.53 Å². The van der Waals surface area contributed by atoms with Crippen molar-refractivity contribution in [3.63, 3.8) is 0 Å². The molecule has 1 heterocycles. The van der Waals surface area contributed by atoms with E-state index in [2.05, 4.69) is 16.4 Å². The van der Waals surface area contributed by atoms with Crippen LogP contribution in [0.5, 0.6) is 5.75 Å². The summed E-state index contributed by atoms with van der Waals surface area (Å²) in [5.74, 6) is 1.75. The minimum Gasteiger partial charge on any atom is -0.497 e. The van der Waals surface area contributed by atoms with Crippen LogP contribution in [0.1, 0.15) is 37.2 Å². The Bertz CT molecular complexity index is 784. The largest absolute Gasteiger partial charge is 0.497 e. The number of fused-ring (bicyclic) bond motifs is 3. The number of rotatable bonds is 4. The van der Waals surface area contributed by atoms with Gasteiger partial charge in [-0.25, -0.2) is 9.97 Å². The Morgan fingerprint density at radius 1 is 1.29 bits per heavy atom. The second kappa shape index (κ2) is 6.59. The summed E-state index contributed by atoms with van der Waals surface area (Å²) in [4.78, 5) is 21.4. The molecule has 1 aromatic heterocycles. The van der Waals surface area contributed by atoms with E-state index in [-0.39, 0.29) is 5.91 Å². The molecule has 0 saturated heterocycles. The van der Waals surface area contributed by atoms with E-state index >= 15 is 0 Å². The van der Waals surface area contributed by atoms with Crippen molar-refractivity contribution in [2.24, 2.45) is 5.92 Å². The summed E-state index contributed by atoms with van der Waals surface area (Å²) in [5, 5.41) is 2.90. The Hall–Kier alpha value is -2.43. The highest BCUT2D eigenvalue weighted by Crippen LogP contribution is 2.34. The Kier molecular flexibility index (Phi) is 4.51. The first-order valence-electron chi connectivity index (χ1n) is 8.32. The molecule has 2 aromatic rings. The van der Waals surface area contributed by atoms with Gasteiger partial charge in [0.1, 0.15) is 5.75 Å². The molecular formula is C19H23N3O2. The minimum absolute atomic E-state index is 0.0108. The number of aromatic nitrogens is 2. The first-order chi connectivity index (χ1) is 11.5. The maximum Gasteiger partial charge on any atom is 0.225 e. The number of carbonyl (C=O) groups excluding carboxylic acids is 1. The molecule has 0 spiro atoms. The predicted molar refractivity (Wildman–Crippen MR) is 94.2 cm³/mol. The molecule has 0 aliphatic heterocycles. The van der Waals surface area contributed by atoms with Gasteiger partial charge < -0.3 is 10.1 Å². The fraction of sp³-hybridized carbons (Fsp3) is 0.421. The van der Waals surface area contributed by atoms with E-state index in [0.717, 1.165) is 41.2 Å². The van der Waals surface area contributed by atoms with Crippen molar-refractivity contribution in [2.45, 2.75) is 40.0 Å². The van der Waals surface area contributed by atoms with Crippen molar-refractivity contribution in [1.82, 2.24) is 9.97 Å². The Balaban J connectivity index is 1.93. The zero-order valence-electron chi connectivity index (χ0n) is 14.6. The monoisotopic (exact) mass is 325 g/mol. The molecule has 0 atom stereocenters. The smallest absolute Gasteiger partial charge is 0.225 e. The van der Waals surface area contributed by atoms with E-state index in [1.54, 1.807) is 7.11 Å². The van der Waals surface area contributed by atoms with Gasteiger partial charge in [-0.15, -0.1) is 0 Å². The van der Waals surface area contributed by atoms with E-state index in [1.165, 1.54) is 5.56 Å². The number of methoxy groups -OCH3 is 1. The maximum atomic E-state index is 12.0. The summed E-state index contributed by atoms with van der Waals surface area (Å²) >= 11 is 0. The fourth-order valence-electron chi connectivity index (χ4n) is 3.00. The van der Waals surface area contributed by atoms with Crippen LogP contribution in [0.25, 0.3) is 11.3 Å². The van der Waals surface area contributed by atoms with Gasteiger partial charge in [-0.05, 0) is 49.4 Å². The Morgan fingerprint density at radius 2 is 2.08 bits per heavy atom. The number of amides is 1. The molecule has 5 heteroatoms. The van der Waals surface area contributed by atoms with Gasteiger partial charge in [-0.3, -0.25) is 4.79 Å². The topological polar surface area (TPSA) is 64.1 Å². The number of anilines is 1. The van der Waals surface area contributed by atoms with Crippen LogP contribution in [-0.4, -0.2) is 23.0 Å². The highest BCUT2D eigenvalue weighted by atomic mass is 16.5. The average Bonchev–Trinajstić information content (AvgIpc) is 2.54. The highest BCUT2D eigenvalue weighted by molar-refractivity contribution is 5.90. The molecule has 24 heavy (non-hydrogen) atoms. The lowest BCUT2D eigenvalue weighted by Crippen LogP contribution is -2.18. The molecule has 0 saturated carbocycles. The minimum atomic E-state index is -0.0108.